The third-order valence-corrected chi connectivity index (χ3v) is 11.6. The number of aryl methyl sites for hydroxylation is 2. The number of carboxylic acids is 1. The van der Waals surface area contributed by atoms with Gasteiger partial charge in [-0.2, -0.15) is 8.42 Å². The zero-order chi connectivity index (χ0) is 65.4. The fraction of sp³-hybridized carbons (Fsp3) is 0.357. The number of terminal acetylenes is 1. The van der Waals surface area contributed by atoms with Crippen LogP contribution < -0.4 is 136 Å². The predicted molar refractivity (Wildman–Crippen MR) is 308 cm³/mol. The maximum atomic E-state index is 11.9. The number of para-hydroxylation sites is 3. The van der Waals surface area contributed by atoms with Crippen molar-refractivity contribution in [1.82, 2.24) is 4.90 Å². The van der Waals surface area contributed by atoms with Gasteiger partial charge in [0.25, 0.3) is 51.3 Å². The molecule has 5 rings (SSSR count). The maximum absolute atomic E-state index is 11.9. The van der Waals surface area contributed by atoms with E-state index in [4.69, 9.17) is 40.8 Å². The Morgan fingerprint density at radius 2 is 0.922 bits per heavy atom. The molecule has 0 unspecified atom stereocenters. The van der Waals surface area contributed by atoms with Crippen LogP contribution >= 0.6 is 10.7 Å². The molecule has 0 aliphatic rings. The van der Waals surface area contributed by atoms with Crippen molar-refractivity contribution in [2.75, 3.05) is 60.3 Å². The van der Waals surface area contributed by atoms with Gasteiger partial charge in [-0.3, -0.25) is 8.98 Å². The van der Waals surface area contributed by atoms with E-state index in [9.17, 15) is 66.3 Å². The summed E-state index contributed by atoms with van der Waals surface area (Å²) in [6.45, 7) is 9.93. The molecule has 5 aromatic rings. The van der Waals surface area contributed by atoms with Crippen molar-refractivity contribution in [2.45, 2.75) is 85.0 Å². The second-order valence-corrected chi connectivity index (χ2v) is 19.0. The van der Waals surface area contributed by atoms with Crippen LogP contribution in [0, 0.1) is 26.7 Å². The van der Waals surface area contributed by atoms with Gasteiger partial charge in [-0.15, -0.1) is 12.8 Å². The maximum Gasteiger partial charge on any atom is 1.00 e. The number of carbonyl (C=O) groups is 4. The van der Waals surface area contributed by atoms with E-state index in [1.807, 2.05) is 6.92 Å². The topological polar surface area (TPSA) is 309 Å². The Labute approximate surface area is 624 Å². The number of halogens is 9. The van der Waals surface area contributed by atoms with E-state index in [1.54, 1.807) is 55.5 Å². The van der Waals surface area contributed by atoms with Crippen LogP contribution in [0.4, 0.5) is 35.1 Å². The van der Waals surface area contributed by atoms with Gasteiger partial charge in [-0.05, 0) is 94.1 Å². The van der Waals surface area contributed by atoms with Crippen LogP contribution in [0.2, 0.25) is 0 Å². The third-order valence-electron chi connectivity index (χ3n) is 8.93. The Hall–Kier alpha value is -3.76. The molecule has 0 heterocycles. The van der Waals surface area contributed by atoms with Gasteiger partial charge in [0, 0.05) is 10.7 Å². The molecule has 0 saturated heterocycles. The summed E-state index contributed by atoms with van der Waals surface area (Å²) in [6, 6.07) is 30.1. The number of rotatable bonds is 19. The van der Waals surface area contributed by atoms with E-state index < -0.39 is 89.2 Å². The Bertz CT molecular complexity index is 2840. The van der Waals surface area contributed by atoms with Gasteiger partial charge in [-0.1, -0.05) is 107 Å². The standard InChI is InChI=1S/C10H10F2O3.C9H10F2O3S.C9H8F2O3.C8H8O3.C7H7ClO2S.C6H15N.C2H4F2O.C2H2.CH2O3.2CH4.2K.Li.H2O.H/c1-14-10(13)7-4-2-3-5-8(7)15-6-9(11)12;1-7-2-4-8(5-3-7)15(12,13)14-6-9(10)11;10-8(11)5-14-7-4-2-1-3-6(7)9(12)13;1-11-8(10)6-4-2-3-5-7(6)9;1-6-2-4-7(5-3-6)11(8,9)10;1-4-7(5-2)6-3;3-2(4)1-5;1-2;2-1-4-3;;;;;;;/h2*2-5,9H,6H2,1H3;1-4,8H,5H2,(H,12,13);2-5,9H,1H3;2-5H,1H3;4-6H2,1-3H3;2,5H,1H2;1-2H;1,3H;2*1H4;;;;1H2;/q;;;;;;;;;;;3*+1;;-1/p-2. The third kappa shape index (κ3) is 55.8. The summed E-state index contributed by atoms with van der Waals surface area (Å²) in [5, 5.41) is 33.6. The number of hydrogen-bond acceptors (Lipinski definition) is 19. The molecule has 0 atom stereocenters. The number of aromatic carboxylic acids is 1. The number of phenolic OH excluding ortho intramolecular Hbond substituents is 1. The van der Waals surface area contributed by atoms with Crippen molar-refractivity contribution in [3.63, 3.8) is 0 Å². The van der Waals surface area contributed by atoms with E-state index in [2.05, 4.69) is 61.8 Å². The Morgan fingerprint density at radius 3 is 1.21 bits per heavy atom. The van der Waals surface area contributed by atoms with Crippen molar-refractivity contribution >= 4 is 54.2 Å². The van der Waals surface area contributed by atoms with Gasteiger partial charge in [0.05, 0.1) is 24.0 Å². The predicted octanol–water partition coefficient (Wildman–Crippen LogP) is 1.71. The minimum absolute atomic E-state index is 0. The second-order valence-electron chi connectivity index (χ2n) is 14.8. The quantitative estimate of drug-likeness (QED) is 0.0122. The number of aromatic hydroxyl groups is 1. The first-order valence-corrected chi connectivity index (χ1v) is 27.3. The number of benzene rings is 5. The molecule has 4 N–H and O–H groups in total. The first-order chi connectivity index (χ1) is 39.5. The van der Waals surface area contributed by atoms with Crippen LogP contribution in [0.5, 0.6) is 17.2 Å². The van der Waals surface area contributed by atoms with Crippen LogP contribution in [0.3, 0.4) is 0 Å². The molecule has 0 spiro atoms. The fourth-order valence-electron chi connectivity index (χ4n) is 4.99. The van der Waals surface area contributed by atoms with Crippen LogP contribution in [-0.4, -0.2) is 153 Å². The molecule has 34 heteroatoms. The number of nitrogens with zero attached hydrogens (tertiary/aromatic N) is 1. The average molecular weight is 1400 g/mol. The van der Waals surface area contributed by atoms with Crippen molar-refractivity contribution in [3.8, 4) is 30.1 Å². The number of esters is 2. The zero-order valence-electron chi connectivity index (χ0n) is 50.6. The van der Waals surface area contributed by atoms with E-state index in [1.165, 1.54) is 107 Å². The number of aliphatic hydroxyl groups is 1. The fourth-order valence-corrected chi connectivity index (χ4v) is 6.64. The summed E-state index contributed by atoms with van der Waals surface area (Å²) in [5.74, 6) is -2.33. The van der Waals surface area contributed by atoms with Gasteiger partial charge in [-0.25, -0.2) is 57.9 Å². The molecule has 0 fully saturated rings. The molecular weight excluding hydrogens is 1330 g/mol. The number of phenols is 1. The molecule has 20 nitrogen and oxygen atoms in total. The number of methoxy groups -OCH3 is 2. The molecule has 5 aromatic carbocycles. The number of alkyl halides is 8. The molecule has 90 heavy (non-hydrogen) atoms. The first-order valence-electron chi connectivity index (χ1n) is 23.6. The molecule has 0 radical (unpaired) electrons. The number of hydrogen-bond donors (Lipinski definition) is 3. The van der Waals surface area contributed by atoms with Crippen LogP contribution in [0.25, 0.3) is 0 Å². The normalized spacial score (nSPS) is 9.39. The molecular formula is C56H75ClF8K2LiNO19S2. The van der Waals surface area contributed by atoms with Crippen molar-refractivity contribution in [2.24, 2.45) is 0 Å². The molecule has 0 bridgehead atoms. The molecule has 0 aliphatic carbocycles. The Kier molecular flexibility index (Phi) is 78.2. The summed E-state index contributed by atoms with van der Waals surface area (Å²) in [7, 11) is -0.0293. The molecule has 0 aliphatic heterocycles. The smallest absolute Gasteiger partial charge is 1.00 e. The van der Waals surface area contributed by atoms with Gasteiger partial charge < -0.3 is 56.2 Å². The Balaban J connectivity index is -0.0000000902. The summed E-state index contributed by atoms with van der Waals surface area (Å²) < 4.78 is 158. The van der Waals surface area contributed by atoms with E-state index in [0.717, 1.165) is 11.1 Å². The minimum Gasteiger partial charge on any atom is -1.00 e. The SMILES string of the molecule is C.C.C#C.CCN(CC)CC.COC(=O)c1ccccc1O.COC(=O)c1ccccc1OCC(F)F.Cc1ccc(S(=O)(=O)Cl)cc1.Cc1ccc(S(=O)(=O)OCC(F)F)cc1.O=C(O)c1ccccc1OCC(F)F.O=CO[O-].OCC(F)F.[H-].[K+].[K+].[Li+].[OH-]. The number of carboxylic acid groups (broad SMARTS) is 1. The molecule has 0 saturated carbocycles. The minimum atomic E-state index is -4.05. The van der Waals surface area contributed by atoms with E-state index in [-0.39, 0.29) is 194 Å². The van der Waals surface area contributed by atoms with Gasteiger partial charge >= 0.3 is 140 Å². The summed E-state index contributed by atoms with van der Waals surface area (Å²) in [6.07, 6.45) is -2.55. The second kappa shape index (κ2) is 65.3. The van der Waals surface area contributed by atoms with Gasteiger partial charge in [0.15, 0.2) is 0 Å². The Morgan fingerprint density at radius 1 is 0.611 bits per heavy atom. The van der Waals surface area contributed by atoms with Gasteiger partial charge in [0.1, 0.15) is 60.4 Å². The van der Waals surface area contributed by atoms with Crippen molar-refractivity contribution in [1.29, 1.82) is 0 Å². The van der Waals surface area contributed by atoms with E-state index >= 15 is 0 Å². The monoisotopic (exact) mass is 1400 g/mol. The number of aliphatic hydroxyl groups excluding tert-OH is 1. The van der Waals surface area contributed by atoms with Crippen LogP contribution in [0.1, 0.15) is 79.3 Å². The zero-order valence-corrected chi connectivity index (χ0v) is 58.3. The average Bonchev–Trinajstić information content (AvgIpc) is 3.51. The molecule has 0 amide bonds. The number of ether oxygens (including phenoxy) is 4. The van der Waals surface area contributed by atoms with Crippen molar-refractivity contribution < 1.29 is 248 Å². The van der Waals surface area contributed by atoms with Gasteiger partial charge in [0.2, 0.25) is 0 Å². The van der Waals surface area contributed by atoms with Crippen molar-refractivity contribution in [3.05, 3.63) is 149 Å². The van der Waals surface area contributed by atoms with Crippen LogP contribution in [0.15, 0.2) is 131 Å². The first kappa shape index (κ1) is 108. The van der Waals surface area contributed by atoms with Crippen LogP contribution in [-0.2, 0) is 42.5 Å². The summed E-state index contributed by atoms with van der Waals surface area (Å²) in [5.41, 5.74) is 2.10. The summed E-state index contributed by atoms with van der Waals surface area (Å²) >= 11 is 0. The van der Waals surface area contributed by atoms with E-state index in [0.29, 0.717) is 0 Å². The number of carbonyl (C=O) groups excluding carboxylic acids is 3. The largest absolute Gasteiger partial charge is 1.00 e. The summed E-state index contributed by atoms with van der Waals surface area (Å²) in [4.78, 5) is 46.3. The molecule has 496 valence electrons. The molecule has 0 aromatic heterocycles.